The highest BCUT2D eigenvalue weighted by Gasteiger charge is 2.18. The molecule has 1 heterocycles. The smallest absolute Gasteiger partial charge is 0.116 e. The minimum Gasteiger partial charge on any atom is -0.508 e. The lowest BCUT2D eigenvalue weighted by Crippen LogP contribution is -2.09. The van der Waals surface area contributed by atoms with Gasteiger partial charge in [0.25, 0.3) is 0 Å². The van der Waals surface area contributed by atoms with E-state index < -0.39 is 0 Å². The van der Waals surface area contributed by atoms with Gasteiger partial charge in [-0.15, -0.1) is 0 Å². The molecule has 4 N–H and O–H groups in total. The van der Waals surface area contributed by atoms with Crippen molar-refractivity contribution >= 4 is 5.69 Å². The molecule has 2 rings (SSSR count). The first-order valence-electron chi connectivity index (χ1n) is 4.56. The number of phenolic OH excluding ortho intramolecular Hbond substituents is 1. The molecule has 0 aromatic heterocycles. The number of nitrogen functional groups attached to an aromatic ring is 1. The number of anilines is 1. The number of hydrogen-bond acceptors (Lipinski definition) is 3. The van der Waals surface area contributed by atoms with Gasteiger partial charge in [-0.3, -0.25) is 0 Å². The van der Waals surface area contributed by atoms with Crippen LogP contribution in [0.2, 0.25) is 0 Å². The van der Waals surface area contributed by atoms with Crippen molar-refractivity contribution in [2.24, 2.45) is 0 Å². The largest absolute Gasteiger partial charge is 0.508 e. The third-order valence-electron chi connectivity index (χ3n) is 2.57. The summed E-state index contributed by atoms with van der Waals surface area (Å²) in [5.41, 5.74) is 7.69. The summed E-state index contributed by atoms with van der Waals surface area (Å²) in [6.07, 6.45) is 1.10. The number of aromatic hydroxyl groups is 1. The average Bonchev–Trinajstić information content (AvgIpc) is 2.61. The monoisotopic (exact) mass is 178 g/mol. The van der Waals surface area contributed by atoms with Crippen molar-refractivity contribution in [2.45, 2.75) is 12.3 Å². The van der Waals surface area contributed by atoms with E-state index in [9.17, 15) is 5.11 Å². The Bertz CT molecular complexity index is 306. The van der Waals surface area contributed by atoms with Gasteiger partial charge in [0.15, 0.2) is 0 Å². The number of benzene rings is 1. The molecule has 1 atom stereocenters. The summed E-state index contributed by atoms with van der Waals surface area (Å²) in [4.78, 5) is 0. The Morgan fingerprint density at radius 2 is 2.31 bits per heavy atom. The van der Waals surface area contributed by atoms with Gasteiger partial charge in [0, 0.05) is 12.2 Å². The summed E-state index contributed by atoms with van der Waals surface area (Å²) in [6, 6.07) is 5.16. The average molecular weight is 178 g/mol. The Balaban J connectivity index is 2.32. The number of nitrogens with two attached hydrogens (primary N) is 1. The Morgan fingerprint density at radius 1 is 1.46 bits per heavy atom. The summed E-state index contributed by atoms with van der Waals surface area (Å²) in [5.74, 6) is 0.767. The molecule has 3 heteroatoms. The first-order valence-corrected chi connectivity index (χ1v) is 4.56. The molecule has 70 valence electrons. The number of hydrogen-bond donors (Lipinski definition) is 3. The van der Waals surface area contributed by atoms with Gasteiger partial charge in [-0.1, -0.05) is 0 Å². The first kappa shape index (κ1) is 8.38. The fraction of sp³-hybridized carbons (Fsp3) is 0.400. The number of rotatable bonds is 1. The molecule has 0 amide bonds. The zero-order valence-electron chi connectivity index (χ0n) is 7.46. The maximum Gasteiger partial charge on any atom is 0.116 e. The van der Waals surface area contributed by atoms with Crippen LogP contribution in [-0.2, 0) is 0 Å². The standard InChI is InChI=1S/C10H14N2O/c11-10-2-1-8(13)5-9(10)7-3-4-12-6-7/h1-2,5,7,12-13H,3-4,6,11H2/t7-/m0/s1. The van der Waals surface area contributed by atoms with E-state index >= 15 is 0 Å². The van der Waals surface area contributed by atoms with Crippen LogP contribution in [0.5, 0.6) is 5.75 Å². The maximum absolute atomic E-state index is 9.32. The van der Waals surface area contributed by atoms with Crippen molar-refractivity contribution < 1.29 is 5.11 Å². The van der Waals surface area contributed by atoms with Gasteiger partial charge in [-0.25, -0.2) is 0 Å². The van der Waals surface area contributed by atoms with Crippen molar-refractivity contribution in [3.8, 4) is 5.75 Å². The predicted molar refractivity (Wildman–Crippen MR) is 52.7 cm³/mol. The molecule has 3 nitrogen and oxygen atoms in total. The van der Waals surface area contributed by atoms with E-state index in [-0.39, 0.29) is 0 Å². The lowest BCUT2D eigenvalue weighted by atomic mass is 9.96. The molecule has 1 aromatic rings. The number of phenols is 1. The number of nitrogens with one attached hydrogen (secondary N) is 1. The SMILES string of the molecule is Nc1ccc(O)cc1[C@H]1CCNC1. The second-order valence-corrected chi connectivity index (χ2v) is 3.50. The van der Waals surface area contributed by atoms with Gasteiger partial charge in [0.2, 0.25) is 0 Å². The van der Waals surface area contributed by atoms with Crippen molar-refractivity contribution in [3.05, 3.63) is 23.8 Å². The fourth-order valence-electron chi connectivity index (χ4n) is 1.84. The summed E-state index contributed by atoms with van der Waals surface area (Å²) >= 11 is 0. The Kier molecular flexibility index (Phi) is 2.10. The van der Waals surface area contributed by atoms with Crippen LogP contribution in [0.25, 0.3) is 0 Å². The lowest BCUT2D eigenvalue weighted by Gasteiger charge is -2.11. The van der Waals surface area contributed by atoms with Gasteiger partial charge >= 0.3 is 0 Å². The molecular weight excluding hydrogens is 164 g/mol. The van der Waals surface area contributed by atoms with Crippen LogP contribution in [-0.4, -0.2) is 18.2 Å². The van der Waals surface area contributed by atoms with E-state index in [2.05, 4.69) is 5.32 Å². The molecule has 0 saturated carbocycles. The summed E-state index contributed by atoms with van der Waals surface area (Å²) in [6.45, 7) is 2.01. The molecule has 1 aliphatic heterocycles. The van der Waals surface area contributed by atoms with Gasteiger partial charge in [-0.2, -0.15) is 0 Å². The second kappa shape index (κ2) is 3.26. The van der Waals surface area contributed by atoms with E-state index in [1.165, 1.54) is 0 Å². The Labute approximate surface area is 77.6 Å². The maximum atomic E-state index is 9.32. The van der Waals surface area contributed by atoms with Crippen LogP contribution in [0.1, 0.15) is 17.9 Å². The quantitative estimate of drug-likeness (QED) is 0.445. The normalized spacial score (nSPS) is 22.0. The highest BCUT2D eigenvalue weighted by atomic mass is 16.3. The molecule has 1 aliphatic rings. The fourth-order valence-corrected chi connectivity index (χ4v) is 1.84. The van der Waals surface area contributed by atoms with Crippen LogP contribution >= 0.6 is 0 Å². The Hall–Kier alpha value is -1.22. The zero-order chi connectivity index (χ0) is 9.26. The minimum absolute atomic E-state index is 0.302. The molecule has 0 radical (unpaired) electrons. The van der Waals surface area contributed by atoms with E-state index in [0.29, 0.717) is 11.7 Å². The van der Waals surface area contributed by atoms with Crippen molar-refractivity contribution in [3.63, 3.8) is 0 Å². The molecule has 0 bridgehead atoms. The highest BCUT2D eigenvalue weighted by molar-refractivity contribution is 5.52. The van der Waals surface area contributed by atoms with Gasteiger partial charge in [0.1, 0.15) is 5.75 Å². The zero-order valence-corrected chi connectivity index (χ0v) is 7.46. The van der Waals surface area contributed by atoms with Crippen LogP contribution in [0.4, 0.5) is 5.69 Å². The van der Waals surface area contributed by atoms with Crippen LogP contribution in [0.15, 0.2) is 18.2 Å². The Morgan fingerprint density at radius 3 is 3.00 bits per heavy atom. The van der Waals surface area contributed by atoms with Crippen molar-refractivity contribution in [2.75, 3.05) is 18.8 Å². The second-order valence-electron chi connectivity index (χ2n) is 3.50. The minimum atomic E-state index is 0.302. The molecule has 1 saturated heterocycles. The molecule has 1 aromatic carbocycles. The molecule has 0 unspecified atom stereocenters. The molecule has 0 spiro atoms. The lowest BCUT2D eigenvalue weighted by molar-refractivity contribution is 0.474. The first-order chi connectivity index (χ1) is 6.27. The summed E-state index contributed by atoms with van der Waals surface area (Å²) < 4.78 is 0. The molecular formula is C10H14N2O. The van der Waals surface area contributed by atoms with Crippen molar-refractivity contribution in [1.82, 2.24) is 5.32 Å². The van der Waals surface area contributed by atoms with E-state index in [4.69, 9.17) is 5.73 Å². The third-order valence-corrected chi connectivity index (χ3v) is 2.57. The van der Waals surface area contributed by atoms with Gasteiger partial charge < -0.3 is 16.2 Å². The van der Waals surface area contributed by atoms with E-state index in [0.717, 1.165) is 30.8 Å². The van der Waals surface area contributed by atoms with E-state index in [1.807, 2.05) is 0 Å². The summed E-state index contributed by atoms with van der Waals surface area (Å²) in [7, 11) is 0. The highest BCUT2D eigenvalue weighted by Crippen LogP contribution is 2.29. The van der Waals surface area contributed by atoms with Crippen LogP contribution < -0.4 is 11.1 Å². The third kappa shape index (κ3) is 1.60. The molecule has 13 heavy (non-hydrogen) atoms. The molecule has 0 aliphatic carbocycles. The molecule has 1 fully saturated rings. The predicted octanol–water partition coefficient (Wildman–Crippen LogP) is 1.05. The topological polar surface area (TPSA) is 58.3 Å². The van der Waals surface area contributed by atoms with Crippen molar-refractivity contribution in [1.29, 1.82) is 0 Å². The van der Waals surface area contributed by atoms with Crippen LogP contribution in [0, 0.1) is 0 Å². The van der Waals surface area contributed by atoms with Crippen LogP contribution in [0.3, 0.4) is 0 Å². The van der Waals surface area contributed by atoms with Gasteiger partial charge in [-0.05, 0) is 42.6 Å². The van der Waals surface area contributed by atoms with Gasteiger partial charge in [0.05, 0.1) is 0 Å². The van der Waals surface area contributed by atoms with E-state index in [1.54, 1.807) is 18.2 Å². The summed E-state index contributed by atoms with van der Waals surface area (Å²) in [5, 5.41) is 12.6.